The lowest BCUT2D eigenvalue weighted by Crippen LogP contribution is -2.43. The zero-order valence-corrected chi connectivity index (χ0v) is 16.8. The normalized spacial score (nSPS) is 14.1. The summed E-state index contributed by atoms with van der Waals surface area (Å²) in [5.41, 5.74) is 0. The number of likely N-dealkylation sites (N-methyl/N-ethyl adjacent to an activating group) is 2. The van der Waals surface area contributed by atoms with Gasteiger partial charge >= 0.3 is 0 Å². The van der Waals surface area contributed by atoms with Gasteiger partial charge in [0.15, 0.2) is 0 Å². The number of rotatable bonds is 18. The molecule has 0 bridgehead atoms. The van der Waals surface area contributed by atoms with Gasteiger partial charge in [0.1, 0.15) is 0 Å². The second kappa shape index (κ2) is 18.3. The van der Waals surface area contributed by atoms with Gasteiger partial charge in [0.05, 0.1) is 0 Å². The Morgan fingerprint density at radius 1 is 0.565 bits per heavy atom. The molecular formula is C21H46N2. The van der Waals surface area contributed by atoms with Gasteiger partial charge in [-0.2, -0.15) is 0 Å². The van der Waals surface area contributed by atoms with Crippen LogP contribution in [0.3, 0.4) is 0 Å². The van der Waals surface area contributed by atoms with Gasteiger partial charge in [0.25, 0.3) is 0 Å². The van der Waals surface area contributed by atoms with E-state index in [9.17, 15) is 0 Å². The summed E-state index contributed by atoms with van der Waals surface area (Å²) in [6.45, 7) is 4.56. The summed E-state index contributed by atoms with van der Waals surface area (Å²) in [5.74, 6) is 0. The highest BCUT2D eigenvalue weighted by Crippen LogP contribution is 2.14. The van der Waals surface area contributed by atoms with Crippen LogP contribution in [0.1, 0.15) is 110 Å². The molecule has 0 aliphatic heterocycles. The van der Waals surface area contributed by atoms with E-state index in [0.717, 1.165) is 0 Å². The van der Waals surface area contributed by atoms with Crippen molar-refractivity contribution in [3.63, 3.8) is 0 Å². The van der Waals surface area contributed by atoms with E-state index >= 15 is 0 Å². The maximum absolute atomic E-state index is 3.44. The second-order valence-electron chi connectivity index (χ2n) is 7.36. The van der Waals surface area contributed by atoms with Crippen molar-refractivity contribution in [1.29, 1.82) is 0 Å². The minimum atomic E-state index is 0.571. The maximum Gasteiger partial charge on any atom is 0.0215 e. The monoisotopic (exact) mass is 326 g/mol. The Labute approximate surface area is 147 Å². The van der Waals surface area contributed by atoms with Crippen LogP contribution in [-0.4, -0.2) is 26.2 Å². The predicted octanol–water partition coefficient (Wildman–Crippen LogP) is 6.05. The topological polar surface area (TPSA) is 24.1 Å². The standard InChI is InChI=1S/C21H46N2/c1-5-6-7-8-9-10-11-12-13-14-15-16-17-18-19-21(23-4)20(2)22-3/h20-23H,5-19H2,1-4H3. The molecule has 2 nitrogen and oxygen atoms in total. The SMILES string of the molecule is CCCCCCCCCCCCCCCCC(NC)C(C)NC. The molecule has 0 heterocycles. The van der Waals surface area contributed by atoms with Gasteiger partial charge in [-0.3, -0.25) is 0 Å². The van der Waals surface area contributed by atoms with Gasteiger partial charge in [-0.05, 0) is 27.4 Å². The van der Waals surface area contributed by atoms with Crippen LogP contribution in [0.5, 0.6) is 0 Å². The molecule has 0 rings (SSSR count). The number of nitrogens with one attached hydrogen (secondary N) is 2. The van der Waals surface area contributed by atoms with Crippen LogP contribution in [0.4, 0.5) is 0 Å². The van der Waals surface area contributed by atoms with Crippen molar-refractivity contribution in [2.45, 2.75) is 122 Å². The van der Waals surface area contributed by atoms with E-state index in [1.807, 2.05) is 0 Å². The van der Waals surface area contributed by atoms with E-state index in [1.165, 1.54) is 96.3 Å². The first-order valence-electron chi connectivity index (χ1n) is 10.6. The van der Waals surface area contributed by atoms with Gasteiger partial charge in [-0.1, -0.05) is 96.8 Å². The highest BCUT2D eigenvalue weighted by Gasteiger charge is 2.12. The fraction of sp³-hybridized carbons (Fsp3) is 1.00. The molecule has 0 spiro atoms. The molecule has 0 amide bonds. The zero-order chi connectivity index (χ0) is 17.2. The summed E-state index contributed by atoms with van der Waals surface area (Å²) in [5, 5.41) is 6.79. The average Bonchev–Trinajstić information content (AvgIpc) is 2.58. The van der Waals surface area contributed by atoms with Crippen molar-refractivity contribution in [3.8, 4) is 0 Å². The van der Waals surface area contributed by atoms with Crippen LogP contribution in [-0.2, 0) is 0 Å². The number of hydrogen-bond acceptors (Lipinski definition) is 2. The number of hydrogen-bond donors (Lipinski definition) is 2. The first-order chi connectivity index (χ1) is 11.3. The summed E-state index contributed by atoms with van der Waals surface area (Å²) < 4.78 is 0. The summed E-state index contributed by atoms with van der Waals surface area (Å²) >= 11 is 0. The van der Waals surface area contributed by atoms with Crippen LogP contribution in [0.2, 0.25) is 0 Å². The van der Waals surface area contributed by atoms with Crippen molar-refractivity contribution in [2.24, 2.45) is 0 Å². The average molecular weight is 327 g/mol. The molecule has 2 unspecified atom stereocenters. The molecule has 23 heavy (non-hydrogen) atoms. The lowest BCUT2D eigenvalue weighted by molar-refractivity contribution is 0.393. The van der Waals surface area contributed by atoms with Crippen LogP contribution < -0.4 is 10.6 Å². The molecule has 140 valence electrons. The number of unbranched alkanes of at least 4 members (excludes halogenated alkanes) is 13. The summed E-state index contributed by atoms with van der Waals surface area (Å²) in [6.07, 6.45) is 21.5. The van der Waals surface area contributed by atoms with E-state index in [0.29, 0.717) is 12.1 Å². The highest BCUT2D eigenvalue weighted by molar-refractivity contribution is 4.75. The molecule has 0 aromatic rings. The van der Waals surface area contributed by atoms with Crippen LogP contribution in [0, 0.1) is 0 Å². The molecule has 0 aliphatic carbocycles. The lowest BCUT2D eigenvalue weighted by Gasteiger charge is -2.23. The smallest absolute Gasteiger partial charge is 0.0215 e. The third kappa shape index (κ3) is 15.2. The fourth-order valence-electron chi connectivity index (χ4n) is 3.40. The van der Waals surface area contributed by atoms with Crippen LogP contribution in [0.15, 0.2) is 0 Å². The lowest BCUT2D eigenvalue weighted by atomic mass is 10.0. The van der Waals surface area contributed by atoms with Gasteiger partial charge in [-0.25, -0.2) is 0 Å². The van der Waals surface area contributed by atoms with Crippen LogP contribution >= 0.6 is 0 Å². The summed E-state index contributed by atoms with van der Waals surface area (Å²) in [4.78, 5) is 0. The zero-order valence-electron chi connectivity index (χ0n) is 16.8. The largest absolute Gasteiger partial charge is 0.316 e. The molecule has 2 N–H and O–H groups in total. The van der Waals surface area contributed by atoms with Gasteiger partial charge < -0.3 is 10.6 Å². The van der Waals surface area contributed by atoms with E-state index in [1.54, 1.807) is 0 Å². The predicted molar refractivity (Wildman–Crippen MR) is 106 cm³/mol. The Balaban J connectivity index is 3.18. The van der Waals surface area contributed by atoms with Crippen molar-refractivity contribution in [3.05, 3.63) is 0 Å². The summed E-state index contributed by atoms with van der Waals surface area (Å²) in [6, 6.07) is 1.19. The van der Waals surface area contributed by atoms with Gasteiger partial charge in [0.2, 0.25) is 0 Å². The fourth-order valence-corrected chi connectivity index (χ4v) is 3.40. The highest BCUT2D eigenvalue weighted by atomic mass is 15.0. The Hall–Kier alpha value is -0.0800. The van der Waals surface area contributed by atoms with Gasteiger partial charge in [0, 0.05) is 12.1 Å². The Morgan fingerprint density at radius 2 is 0.957 bits per heavy atom. The molecule has 0 aliphatic rings. The second-order valence-corrected chi connectivity index (χ2v) is 7.36. The van der Waals surface area contributed by atoms with Gasteiger partial charge in [-0.15, -0.1) is 0 Å². The third-order valence-electron chi connectivity index (χ3n) is 5.30. The summed E-state index contributed by atoms with van der Waals surface area (Å²) in [7, 11) is 4.14. The molecular weight excluding hydrogens is 280 g/mol. The molecule has 0 fully saturated rings. The van der Waals surface area contributed by atoms with E-state index < -0.39 is 0 Å². The molecule has 0 saturated carbocycles. The first-order valence-corrected chi connectivity index (χ1v) is 10.6. The maximum atomic E-state index is 3.44. The Kier molecular flexibility index (Phi) is 18.2. The Morgan fingerprint density at radius 3 is 1.30 bits per heavy atom. The molecule has 2 atom stereocenters. The van der Waals surface area contributed by atoms with Crippen molar-refractivity contribution >= 4 is 0 Å². The van der Waals surface area contributed by atoms with Crippen molar-refractivity contribution in [1.82, 2.24) is 10.6 Å². The first kappa shape index (κ1) is 22.9. The molecule has 0 saturated heterocycles. The minimum Gasteiger partial charge on any atom is -0.316 e. The van der Waals surface area contributed by atoms with Crippen molar-refractivity contribution < 1.29 is 0 Å². The molecule has 0 aromatic carbocycles. The molecule has 2 heteroatoms. The van der Waals surface area contributed by atoms with Crippen molar-refractivity contribution in [2.75, 3.05) is 14.1 Å². The quantitative estimate of drug-likeness (QED) is 0.299. The Bertz CT molecular complexity index is 218. The minimum absolute atomic E-state index is 0.571. The molecule has 0 radical (unpaired) electrons. The van der Waals surface area contributed by atoms with Crippen LogP contribution in [0.25, 0.3) is 0 Å². The van der Waals surface area contributed by atoms with E-state index in [-0.39, 0.29) is 0 Å². The van der Waals surface area contributed by atoms with E-state index in [2.05, 4.69) is 38.6 Å². The van der Waals surface area contributed by atoms with E-state index in [4.69, 9.17) is 0 Å². The molecule has 0 aromatic heterocycles. The third-order valence-corrected chi connectivity index (χ3v) is 5.30.